The van der Waals surface area contributed by atoms with Crippen molar-refractivity contribution in [2.24, 2.45) is 0 Å². The Bertz CT molecular complexity index is 333. The van der Waals surface area contributed by atoms with Gasteiger partial charge in [-0.2, -0.15) is 0 Å². The lowest BCUT2D eigenvalue weighted by Crippen LogP contribution is -2.24. The van der Waals surface area contributed by atoms with Crippen molar-refractivity contribution in [3.63, 3.8) is 0 Å². The van der Waals surface area contributed by atoms with Gasteiger partial charge < -0.3 is 0 Å². The van der Waals surface area contributed by atoms with Crippen LogP contribution < -0.4 is 0 Å². The SMILES string of the molecule is CCc1ncc2c(n1)CN(C(C)C)C2. The van der Waals surface area contributed by atoms with Crippen LogP contribution in [0, 0.1) is 0 Å². The molecule has 2 heterocycles. The van der Waals surface area contributed by atoms with Crippen molar-refractivity contribution < 1.29 is 0 Å². The molecule has 76 valence electrons. The minimum atomic E-state index is 0.592. The molecular formula is C11H17N3. The van der Waals surface area contributed by atoms with Crippen molar-refractivity contribution >= 4 is 0 Å². The molecule has 0 bridgehead atoms. The highest BCUT2D eigenvalue weighted by atomic mass is 15.2. The van der Waals surface area contributed by atoms with E-state index in [-0.39, 0.29) is 0 Å². The number of aryl methyl sites for hydroxylation is 1. The summed E-state index contributed by atoms with van der Waals surface area (Å²) < 4.78 is 0. The number of aromatic nitrogens is 2. The van der Waals surface area contributed by atoms with Crippen LogP contribution in [0.25, 0.3) is 0 Å². The predicted octanol–water partition coefficient (Wildman–Crippen LogP) is 1.76. The Morgan fingerprint density at radius 3 is 2.86 bits per heavy atom. The molecule has 1 aliphatic heterocycles. The average molecular weight is 191 g/mol. The van der Waals surface area contributed by atoms with Gasteiger partial charge in [-0.05, 0) is 13.8 Å². The molecular weight excluding hydrogens is 174 g/mol. The number of fused-ring (bicyclic) bond motifs is 1. The fraction of sp³-hybridized carbons (Fsp3) is 0.636. The van der Waals surface area contributed by atoms with Gasteiger partial charge in [0.15, 0.2) is 0 Å². The first-order chi connectivity index (χ1) is 6.70. The Labute approximate surface area is 85.2 Å². The van der Waals surface area contributed by atoms with Gasteiger partial charge in [-0.15, -0.1) is 0 Å². The maximum atomic E-state index is 4.55. The summed E-state index contributed by atoms with van der Waals surface area (Å²) in [5, 5.41) is 0. The fourth-order valence-electron chi connectivity index (χ4n) is 1.75. The lowest BCUT2D eigenvalue weighted by molar-refractivity contribution is 0.226. The Kier molecular flexibility index (Phi) is 2.50. The molecule has 1 aromatic heterocycles. The average Bonchev–Trinajstić information content (AvgIpc) is 2.59. The van der Waals surface area contributed by atoms with Gasteiger partial charge in [-0.25, -0.2) is 9.97 Å². The van der Waals surface area contributed by atoms with Crippen molar-refractivity contribution in [2.45, 2.75) is 46.3 Å². The van der Waals surface area contributed by atoms with Crippen LogP contribution in [0.15, 0.2) is 6.20 Å². The van der Waals surface area contributed by atoms with Gasteiger partial charge in [0.1, 0.15) is 5.82 Å². The fourth-order valence-corrected chi connectivity index (χ4v) is 1.75. The first-order valence-corrected chi connectivity index (χ1v) is 5.28. The minimum Gasteiger partial charge on any atom is -0.291 e. The highest BCUT2D eigenvalue weighted by Crippen LogP contribution is 2.21. The summed E-state index contributed by atoms with van der Waals surface area (Å²) >= 11 is 0. The van der Waals surface area contributed by atoms with Crippen LogP contribution in [-0.4, -0.2) is 20.9 Å². The van der Waals surface area contributed by atoms with Gasteiger partial charge in [0.2, 0.25) is 0 Å². The minimum absolute atomic E-state index is 0.592. The summed E-state index contributed by atoms with van der Waals surface area (Å²) in [5.41, 5.74) is 2.53. The molecule has 0 aliphatic carbocycles. The molecule has 3 nitrogen and oxygen atoms in total. The molecule has 0 unspecified atom stereocenters. The summed E-state index contributed by atoms with van der Waals surface area (Å²) in [6, 6.07) is 0.592. The highest BCUT2D eigenvalue weighted by Gasteiger charge is 2.22. The molecule has 2 rings (SSSR count). The van der Waals surface area contributed by atoms with Gasteiger partial charge in [0.05, 0.1) is 5.69 Å². The number of rotatable bonds is 2. The molecule has 0 saturated heterocycles. The molecule has 1 aliphatic rings. The van der Waals surface area contributed by atoms with Crippen molar-refractivity contribution in [1.29, 1.82) is 0 Å². The van der Waals surface area contributed by atoms with Crippen molar-refractivity contribution in [2.75, 3.05) is 0 Å². The molecule has 0 aromatic carbocycles. The Morgan fingerprint density at radius 2 is 2.21 bits per heavy atom. The van der Waals surface area contributed by atoms with Gasteiger partial charge >= 0.3 is 0 Å². The molecule has 3 heteroatoms. The quantitative estimate of drug-likeness (QED) is 0.713. The molecule has 0 fully saturated rings. The van der Waals surface area contributed by atoms with E-state index in [9.17, 15) is 0 Å². The van der Waals surface area contributed by atoms with E-state index in [4.69, 9.17) is 0 Å². The van der Waals surface area contributed by atoms with E-state index in [0.29, 0.717) is 6.04 Å². The smallest absolute Gasteiger partial charge is 0.128 e. The van der Waals surface area contributed by atoms with Gasteiger partial charge in [0.25, 0.3) is 0 Å². The van der Waals surface area contributed by atoms with Crippen molar-refractivity contribution in [3.8, 4) is 0 Å². The summed E-state index contributed by atoms with van der Waals surface area (Å²) in [5.74, 6) is 0.967. The van der Waals surface area contributed by atoms with E-state index in [1.54, 1.807) is 0 Å². The third-order valence-electron chi connectivity index (χ3n) is 2.78. The van der Waals surface area contributed by atoms with E-state index in [0.717, 1.165) is 25.3 Å². The van der Waals surface area contributed by atoms with E-state index in [2.05, 4.69) is 35.6 Å². The van der Waals surface area contributed by atoms with Crippen LogP contribution in [-0.2, 0) is 19.5 Å². The number of nitrogens with zero attached hydrogens (tertiary/aromatic N) is 3. The van der Waals surface area contributed by atoms with Crippen molar-refractivity contribution in [3.05, 3.63) is 23.3 Å². The maximum Gasteiger partial charge on any atom is 0.128 e. The molecule has 0 saturated carbocycles. The Balaban J connectivity index is 2.22. The molecule has 14 heavy (non-hydrogen) atoms. The van der Waals surface area contributed by atoms with Crippen LogP contribution in [0.5, 0.6) is 0 Å². The maximum absolute atomic E-state index is 4.55. The van der Waals surface area contributed by atoms with Crippen LogP contribution in [0.1, 0.15) is 37.9 Å². The van der Waals surface area contributed by atoms with Crippen molar-refractivity contribution in [1.82, 2.24) is 14.9 Å². The summed E-state index contributed by atoms with van der Waals surface area (Å²) in [6.45, 7) is 8.54. The zero-order valence-electron chi connectivity index (χ0n) is 9.12. The molecule has 0 radical (unpaired) electrons. The summed E-state index contributed by atoms with van der Waals surface area (Å²) in [7, 11) is 0. The molecule has 0 atom stereocenters. The zero-order chi connectivity index (χ0) is 10.1. The largest absolute Gasteiger partial charge is 0.291 e. The third-order valence-corrected chi connectivity index (χ3v) is 2.78. The standard InChI is InChI=1S/C11H17N3/c1-4-11-12-5-9-6-14(8(2)3)7-10(9)13-11/h5,8H,4,6-7H2,1-3H3. The summed E-state index contributed by atoms with van der Waals surface area (Å²) in [6.07, 6.45) is 2.92. The van der Waals surface area contributed by atoms with Crippen LogP contribution >= 0.6 is 0 Å². The Hall–Kier alpha value is -0.960. The van der Waals surface area contributed by atoms with Gasteiger partial charge in [-0.1, -0.05) is 6.92 Å². The second-order valence-electron chi connectivity index (χ2n) is 4.11. The summed E-state index contributed by atoms with van der Waals surface area (Å²) in [4.78, 5) is 11.3. The first-order valence-electron chi connectivity index (χ1n) is 5.28. The lowest BCUT2D eigenvalue weighted by atomic mass is 10.3. The van der Waals surface area contributed by atoms with Crippen LogP contribution in [0.4, 0.5) is 0 Å². The topological polar surface area (TPSA) is 29.0 Å². The third kappa shape index (κ3) is 1.64. The second kappa shape index (κ2) is 3.65. The highest BCUT2D eigenvalue weighted by molar-refractivity contribution is 5.22. The van der Waals surface area contributed by atoms with E-state index in [1.807, 2.05) is 6.20 Å². The number of hydrogen-bond acceptors (Lipinski definition) is 3. The van der Waals surface area contributed by atoms with Crippen LogP contribution in [0.3, 0.4) is 0 Å². The molecule has 0 spiro atoms. The van der Waals surface area contributed by atoms with Gasteiger partial charge in [-0.3, -0.25) is 4.90 Å². The van der Waals surface area contributed by atoms with E-state index >= 15 is 0 Å². The molecule has 1 aromatic rings. The zero-order valence-corrected chi connectivity index (χ0v) is 9.12. The number of hydrogen-bond donors (Lipinski definition) is 0. The van der Waals surface area contributed by atoms with Crippen LogP contribution in [0.2, 0.25) is 0 Å². The molecule has 0 amide bonds. The Morgan fingerprint density at radius 1 is 1.43 bits per heavy atom. The normalized spacial score (nSPS) is 16.3. The first kappa shape index (κ1) is 9.59. The van der Waals surface area contributed by atoms with Gasteiger partial charge in [0, 0.05) is 37.3 Å². The van der Waals surface area contributed by atoms with E-state index < -0.39 is 0 Å². The monoisotopic (exact) mass is 191 g/mol. The second-order valence-corrected chi connectivity index (χ2v) is 4.11. The predicted molar refractivity (Wildman–Crippen MR) is 55.8 cm³/mol. The van der Waals surface area contributed by atoms with E-state index in [1.165, 1.54) is 11.3 Å². The lowest BCUT2D eigenvalue weighted by Gasteiger charge is -2.18. The molecule has 0 N–H and O–H groups in total.